The molecule has 2 aromatic rings. The largest absolute Gasteiger partial charge is 0.511 e. The Kier molecular flexibility index (Phi) is 7.19. The molecular weight excluding hydrogens is 527 g/mol. The standard InChI is InChI=1S/C19H24FN3O11P2/c20-12-9-11-15-18(33-8-7-23(15)10-13(17(11)24)34-19(25)26)16(12)22-5-3-21(4-6-22)2-1-14(35(27,28)29)36(30,31)32/h9-10,14H,1-8H2,(H,25,26)(H2,27,28,29)(H2,30,31,32). The van der Waals surface area contributed by atoms with Gasteiger partial charge in [-0.2, -0.15) is 0 Å². The number of pyridine rings is 1. The highest BCUT2D eigenvalue weighted by molar-refractivity contribution is 7.70. The number of piperazine rings is 1. The molecule has 0 aliphatic carbocycles. The van der Waals surface area contributed by atoms with Gasteiger partial charge in [-0.1, -0.05) is 0 Å². The molecule has 0 amide bonds. The molecule has 0 bridgehead atoms. The molecule has 17 heteroatoms. The summed E-state index contributed by atoms with van der Waals surface area (Å²) in [4.78, 5) is 64.2. The fourth-order valence-corrected chi connectivity index (χ4v) is 6.98. The fourth-order valence-electron chi connectivity index (χ4n) is 4.51. The zero-order valence-corrected chi connectivity index (χ0v) is 20.5. The lowest BCUT2D eigenvalue weighted by Gasteiger charge is -2.38. The maximum absolute atomic E-state index is 15.3. The van der Waals surface area contributed by atoms with Gasteiger partial charge >= 0.3 is 21.3 Å². The average molecular weight is 551 g/mol. The van der Waals surface area contributed by atoms with Crippen LogP contribution < -0.4 is 19.8 Å². The van der Waals surface area contributed by atoms with Gasteiger partial charge in [-0.25, -0.2) is 9.18 Å². The molecule has 2 aliphatic heterocycles. The number of ether oxygens (including phenoxy) is 2. The maximum Gasteiger partial charge on any atom is 0.511 e. The highest BCUT2D eigenvalue weighted by Crippen LogP contribution is 2.61. The normalized spacial score (nSPS) is 16.9. The first-order chi connectivity index (χ1) is 16.8. The van der Waals surface area contributed by atoms with Gasteiger partial charge < -0.3 is 43.6 Å². The van der Waals surface area contributed by atoms with Crippen molar-refractivity contribution in [3.8, 4) is 11.5 Å². The van der Waals surface area contributed by atoms with E-state index in [1.54, 1.807) is 14.4 Å². The van der Waals surface area contributed by atoms with Gasteiger partial charge in [0.2, 0.25) is 5.43 Å². The predicted octanol–water partition coefficient (Wildman–Crippen LogP) is 0.783. The molecule has 14 nitrogen and oxygen atoms in total. The lowest BCUT2D eigenvalue weighted by atomic mass is 10.1. The molecule has 5 N–H and O–H groups in total. The molecule has 2 aliphatic rings. The molecule has 1 aromatic heterocycles. The molecule has 0 saturated carbocycles. The lowest BCUT2D eigenvalue weighted by Crippen LogP contribution is -2.47. The van der Waals surface area contributed by atoms with Gasteiger partial charge in [0, 0.05) is 26.2 Å². The number of halogens is 1. The maximum atomic E-state index is 15.3. The van der Waals surface area contributed by atoms with Gasteiger partial charge in [-0.05, 0) is 19.0 Å². The molecule has 1 fully saturated rings. The van der Waals surface area contributed by atoms with E-state index in [1.807, 2.05) is 0 Å². The first-order valence-electron chi connectivity index (χ1n) is 10.8. The minimum Gasteiger partial charge on any atom is -0.487 e. The summed E-state index contributed by atoms with van der Waals surface area (Å²) in [6.45, 7) is 1.58. The molecule has 0 radical (unpaired) electrons. The van der Waals surface area contributed by atoms with Crippen LogP contribution in [0.15, 0.2) is 17.1 Å². The molecule has 0 unspecified atom stereocenters. The molecule has 3 heterocycles. The molecule has 4 rings (SSSR count). The van der Waals surface area contributed by atoms with Crippen molar-refractivity contribution in [2.45, 2.75) is 18.4 Å². The number of aromatic nitrogens is 1. The Balaban J connectivity index is 1.56. The highest BCUT2D eigenvalue weighted by Gasteiger charge is 2.43. The molecule has 198 valence electrons. The predicted molar refractivity (Wildman–Crippen MR) is 123 cm³/mol. The van der Waals surface area contributed by atoms with E-state index >= 15 is 4.39 Å². The number of rotatable bonds is 7. The van der Waals surface area contributed by atoms with Crippen molar-refractivity contribution in [3.05, 3.63) is 28.3 Å². The van der Waals surface area contributed by atoms with Gasteiger partial charge in [0.1, 0.15) is 12.3 Å². The molecule has 1 aromatic carbocycles. The van der Waals surface area contributed by atoms with E-state index in [9.17, 15) is 38.3 Å². The van der Waals surface area contributed by atoms with Crippen molar-refractivity contribution in [2.24, 2.45) is 0 Å². The van der Waals surface area contributed by atoms with Crippen molar-refractivity contribution in [1.29, 1.82) is 0 Å². The van der Waals surface area contributed by atoms with Crippen LogP contribution >= 0.6 is 15.2 Å². The van der Waals surface area contributed by atoms with Gasteiger partial charge in [0.05, 0.1) is 23.6 Å². The highest BCUT2D eigenvalue weighted by atomic mass is 31.2. The first kappa shape index (κ1) is 26.6. The van der Waals surface area contributed by atoms with Crippen LogP contribution in [0.25, 0.3) is 10.9 Å². The average Bonchev–Trinajstić information content (AvgIpc) is 2.75. The van der Waals surface area contributed by atoms with Crippen LogP contribution in [0, 0.1) is 5.82 Å². The molecule has 1 saturated heterocycles. The Morgan fingerprint density at radius 2 is 1.75 bits per heavy atom. The van der Waals surface area contributed by atoms with Crippen LogP contribution in [-0.4, -0.2) is 85.0 Å². The van der Waals surface area contributed by atoms with Crippen molar-refractivity contribution in [3.63, 3.8) is 0 Å². The minimum atomic E-state index is -5.02. The van der Waals surface area contributed by atoms with Crippen LogP contribution in [0.1, 0.15) is 6.42 Å². The van der Waals surface area contributed by atoms with Crippen LogP contribution in [0.3, 0.4) is 0 Å². The minimum absolute atomic E-state index is 0.0180. The van der Waals surface area contributed by atoms with Crippen LogP contribution in [0.4, 0.5) is 14.9 Å². The Hall–Kier alpha value is -2.51. The Bertz CT molecular complexity index is 1320. The number of hydrogen-bond acceptors (Lipinski definition) is 8. The summed E-state index contributed by atoms with van der Waals surface area (Å²) in [7, 11) is -10.0. The molecule has 36 heavy (non-hydrogen) atoms. The summed E-state index contributed by atoms with van der Waals surface area (Å²) in [5.74, 6) is -1.08. The van der Waals surface area contributed by atoms with E-state index in [0.717, 1.165) is 6.07 Å². The van der Waals surface area contributed by atoms with E-state index in [2.05, 4.69) is 4.74 Å². The number of hydrogen-bond donors (Lipinski definition) is 5. The number of carbonyl (C=O) groups is 1. The van der Waals surface area contributed by atoms with Crippen molar-refractivity contribution >= 4 is 37.9 Å². The fraction of sp³-hybridized carbons (Fsp3) is 0.474. The second-order valence-corrected chi connectivity index (χ2v) is 12.5. The molecule has 0 atom stereocenters. The van der Waals surface area contributed by atoms with Crippen LogP contribution in [-0.2, 0) is 15.7 Å². The van der Waals surface area contributed by atoms with Gasteiger partial charge in [0.25, 0.3) is 0 Å². The third kappa shape index (κ3) is 5.28. The van der Waals surface area contributed by atoms with Gasteiger partial charge in [0.15, 0.2) is 22.7 Å². The van der Waals surface area contributed by atoms with Gasteiger partial charge in [-0.3, -0.25) is 18.8 Å². The van der Waals surface area contributed by atoms with Crippen molar-refractivity contribution in [1.82, 2.24) is 9.47 Å². The lowest BCUT2D eigenvalue weighted by molar-refractivity contribution is 0.143. The van der Waals surface area contributed by atoms with E-state index in [4.69, 9.17) is 9.84 Å². The Morgan fingerprint density at radius 3 is 2.33 bits per heavy atom. The van der Waals surface area contributed by atoms with Crippen LogP contribution in [0.5, 0.6) is 11.5 Å². The van der Waals surface area contributed by atoms with Gasteiger partial charge in [-0.15, -0.1) is 0 Å². The number of anilines is 1. The summed E-state index contributed by atoms with van der Waals surface area (Å²) >= 11 is 0. The summed E-state index contributed by atoms with van der Waals surface area (Å²) in [5, 5.41) is 6.69. The SMILES string of the molecule is O=C(O)Oc1cn2c3c(c(N4CCN(CCC(P(=O)(O)O)P(=O)(O)O)CC4)c(F)cc3c1=O)OCC2. The Morgan fingerprint density at radius 1 is 1.11 bits per heavy atom. The topological polar surface area (TPSA) is 199 Å². The quantitative estimate of drug-likeness (QED) is 0.239. The smallest absolute Gasteiger partial charge is 0.487 e. The first-order valence-corrected chi connectivity index (χ1v) is 14.1. The van der Waals surface area contributed by atoms with E-state index in [0.29, 0.717) is 18.6 Å². The van der Waals surface area contributed by atoms with E-state index in [-0.39, 0.29) is 49.6 Å². The Labute approximate surface area is 202 Å². The van der Waals surface area contributed by atoms with Crippen LogP contribution in [0.2, 0.25) is 0 Å². The monoisotopic (exact) mass is 551 g/mol. The third-order valence-electron chi connectivity index (χ3n) is 6.16. The van der Waals surface area contributed by atoms with E-state index in [1.165, 1.54) is 6.20 Å². The summed E-state index contributed by atoms with van der Waals surface area (Å²) < 4.78 is 50.1. The molecule has 0 spiro atoms. The number of benzene rings is 1. The number of carboxylic acid groups (broad SMARTS) is 1. The summed E-state index contributed by atoms with van der Waals surface area (Å²) in [5.41, 5.74) is -0.380. The zero-order valence-electron chi connectivity index (χ0n) is 18.7. The summed E-state index contributed by atoms with van der Waals surface area (Å²) in [6.07, 6.45) is -0.849. The second-order valence-electron chi connectivity index (χ2n) is 8.44. The van der Waals surface area contributed by atoms with Crippen molar-refractivity contribution in [2.75, 3.05) is 44.2 Å². The third-order valence-corrected chi connectivity index (χ3v) is 10.0. The zero-order chi connectivity index (χ0) is 26.4. The van der Waals surface area contributed by atoms with E-state index < -0.39 is 50.2 Å². The van der Waals surface area contributed by atoms with Crippen molar-refractivity contribution < 1.29 is 52.5 Å². The molecular formula is C19H24FN3O11P2. The number of nitrogens with zero attached hydrogens (tertiary/aromatic N) is 3. The second kappa shape index (κ2) is 9.75. The summed E-state index contributed by atoms with van der Waals surface area (Å²) in [6, 6.07) is 1.01.